The Hall–Kier alpha value is -2.32. The number of carbonyl (C=O) groups excluding carboxylic acids is 1. The number of nitrogens with one attached hydrogen (secondary N) is 1. The molecule has 0 saturated carbocycles. The molecule has 1 amide bonds. The standard InChI is InChI=1S/C24H40N6O2/c1-3-32-24(31)30-19-17-29(18-20-30)23(25-2)26-11-7-8-12-27-13-15-28(16-14-27)21-22-9-5-4-6-10-22/h4-6,9-10H,3,7-8,11-21H2,1-2H3,(H,25,26). The lowest BCUT2D eigenvalue weighted by molar-refractivity contribution is 0.0914. The lowest BCUT2D eigenvalue weighted by Gasteiger charge is -2.36. The molecule has 0 aromatic heterocycles. The van der Waals surface area contributed by atoms with Crippen molar-refractivity contribution in [2.75, 3.05) is 79.1 Å². The summed E-state index contributed by atoms with van der Waals surface area (Å²) in [4.78, 5) is 25.4. The van der Waals surface area contributed by atoms with Crippen LogP contribution in [-0.2, 0) is 11.3 Å². The molecule has 8 heteroatoms. The van der Waals surface area contributed by atoms with Gasteiger partial charge < -0.3 is 24.8 Å². The molecule has 0 bridgehead atoms. The van der Waals surface area contributed by atoms with Crippen LogP contribution < -0.4 is 5.32 Å². The molecule has 178 valence electrons. The predicted molar refractivity (Wildman–Crippen MR) is 129 cm³/mol. The quantitative estimate of drug-likeness (QED) is 0.376. The first-order valence-corrected chi connectivity index (χ1v) is 12.1. The normalized spacial score (nSPS) is 18.6. The van der Waals surface area contributed by atoms with E-state index in [1.54, 1.807) is 4.90 Å². The molecular formula is C24H40N6O2. The Balaban J connectivity index is 1.25. The minimum atomic E-state index is -0.212. The largest absolute Gasteiger partial charge is 0.450 e. The molecule has 2 aliphatic heterocycles. The fourth-order valence-corrected chi connectivity index (χ4v) is 4.32. The zero-order chi connectivity index (χ0) is 22.6. The van der Waals surface area contributed by atoms with Crippen LogP contribution in [0, 0.1) is 0 Å². The topological polar surface area (TPSA) is 63.7 Å². The maximum atomic E-state index is 11.9. The summed E-state index contributed by atoms with van der Waals surface area (Å²) in [5.41, 5.74) is 1.41. The molecule has 1 aromatic rings. The first-order valence-electron chi connectivity index (χ1n) is 12.1. The Labute approximate surface area is 193 Å². The lowest BCUT2D eigenvalue weighted by atomic mass is 10.2. The van der Waals surface area contributed by atoms with Gasteiger partial charge in [-0.05, 0) is 31.9 Å². The molecule has 0 unspecified atom stereocenters. The fraction of sp³-hybridized carbons (Fsp3) is 0.667. The predicted octanol–water partition coefficient (Wildman–Crippen LogP) is 1.93. The number of hydrogen-bond acceptors (Lipinski definition) is 5. The maximum Gasteiger partial charge on any atom is 0.409 e. The minimum absolute atomic E-state index is 0.212. The zero-order valence-electron chi connectivity index (χ0n) is 19.8. The summed E-state index contributed by atoms with van der Waals surface area (Å²) >= 11 is 0. The Bertz CT molecular complexity index is 698. The summed E-state index contributed by atoms with van der Waals surface area (Å²) in [5.74, 6) is 0.933. The first kappa shape index (κ1) is 24.3. The molecule has 0 radical (unpaired) electrons. The van der Waals surface area contributed by atoms with Gasteiger partial charge in [0.2, 0.25) is 0 Å². The van der Waals surface area contributed by atoms with Crippen LogP contribution in [0.4, 0.5) is 4.79 Å². The van der Waals surface area contributed by atoms with E-state index in [1.807, 2.05) is 14.0 Å². The van der Waals surface area contributed by atoms with Crippen LogP contribution in [0.15, 0.2) is 35.3 Å². The summed E-state index contributed by atoms with van der Waals surface area (Å²) in [6.45, 7) is 13.0. The van der Waals surface area contributed by atoms with E-state index in [0.29, 0.717) is 19.7 Å². The van der Waals surface area contributed by atoms with E-state index in [1.165, 1.54) is 12.0 Å². The van der Waals surface area contributed by atoms with Crippen LogP contribution in [-0.4, -0.2) is 111 Å². The average Bonchev–Trinajstić information content (AvgIpc) is 2.83. The van der Waals surface area contributed by atoms with Crippen LogP contribution in [0.3, 0.4) is 0 Å². The van der Waals surface area contributed by atoms with Gasteiger partial charge in [0.15, 0.2) is 5.96 Å². The van der Waals surface area contributed by atoms with Crippen LogP contribution in [0.1, 0.15) is 25.3 Å². The van der Waals surface area contributed by atoms with Crippen molar-refractivity contribution in [2.45, 2.75) is 26.3 Å². The third-order valence-corrected chi connectivity index (χ3v) is 6.22. The number of amides is 1. The van der Waals surface area contributed by atoms with Gasteiger partial charge in [-0.2, -0.15) is 0 Å². The van der Waals surface area contributed by atoms with E-state index in [4.69, 9.17) is 4.74 Å². The number of nitrogens with zero attached hydrogens (tertiary/aromatic N) is 5. The minimum Gasteiger partial charge on any atom is -0.450 e. The highest BCUT2D eigenvalue weighted by molar-refractivity contribution is 5.80. The molecule has 0 atom stereocenters. The lowest BCUT2D eigenvalue weighted by Crippen LogP contribution is -2.54. The van der Waals surface area contributed by atoms with E-state index >= 15 is 0 Å². The van der Waals surface area contributed by atoms with Gasteiger partial charge in [-0.15, -0.1) is 0 Å². The summed E-state index contributed by atoms with van der Waals surface area (Å²) in [6, 6.07) is 10.8. The van der Waals surface area contributed by atoms with Crippen LogP contribution in [0.25, 0.3) is 0 Å². The van der Waals surface area contributed by atoms with Crippen molar-refractivity contribution in [2.24, 2.45) is 4.99 Å². The van der Waals surface area contributed by atoms with E-state index in [2.05, 4.69) is 55.3 Å². The van der Waals surface area contributed by atoms with Gasteiger partial charge in [0.25, 0.3) is 0 Å². The van der Waals surface area contributed by atoms with Gasteiger partial charge >= 0.3 is 6.09 Å². The molecule has 3 rings (SSSR count). The SMILES string of the molecule is CCOC(=O)N1CCN(C(=NC)NCCCCN2CCN(Cc3ccccc3)CC2)CC1. The van der Waals surface area contributed by atoms with Gasteiger partial charge in [0, 0.05) is 72.5 Å². The number of benzene rings is 1. The highest BCUT2D eigenvalue weighted by Gasteiger charge is 2.23. The Kier molecular flexibility index (Phi) is 10.1. The van der Waals surface area contributed by atoms with Crippen molar-refractivity contribution in [3.8, 4) is 0 Å². The van der Waals surface area contributed by atoms with Gasteiger partial charge in [-0.3, -0.25) is 9.89 Å². The van der Waals surface area contributed by atoms with Gasteiger partial charge in [-0.25, -0.2) is 4.79 Å². The fourth-order valence-electron chi connectivity index (χ4n) is 4.32. The molecule has 2 aliphatic rings. The molecular weight excluding hydrogens is 404 g/mol. The van der Waals surface area contributed by atoms with Crippen molar-refractivity contribution in [3.05, 3.63) is 35.9 Å². The second kappa shape index (κ2) is 13.3. The molecule has 8 nitrogen and oxygen atoms in total. The number of ether oxygens (including phenoxy) is 1. The summed E-state index contributed by atoms with van der Waals surface area (Å²) in [7, 11) is 1.83. The molecule has 0 spiro atoms. The number of rotatable bonds is 8. The molecule has 2 fully saturated rings. The number of unbranched alkanes of at least 4 members (excludes halogenated alkanes) is 1. The van der Waals surface area contributed by atoms with E-state index in [0.717, 1.165) is 71.3 Å². The van der Waals surface area contributed by atoms with Crippen LogP contribution >= 0.6 is 0 Å². The van der Waals surface area contributed by atoms with Crippen molar-refractivity contribution < 1.29 is 9.53 Å². The summed E-state index contributed by atoms with van der Waals surface area (Å²) < 4.78 is 5.09. The summed E-state index contributed by atoms with van der Waals surface area (Å²) in [6.07, 6.45) is 2.11. The van der Waals surface area contributed by atoms with Gasteiger partial charge in [0.05, 0.1) is 6.61 Å². The van der Waals surface area contributed by atoms with Crippen molar-refractivity contribution in [1.82, 2.24) is 24.9 Å². The van der Waals surface area contributed by atoms with E-state index in [-0.39, 0.29) is 6.09 Å². The second-order valence-corrected chi connectivity index (χ2v) is 8.46. The van der Waals surface area contributed by atoms with Gasteiger partial charge in [0.1, 0.15) is 0 Å². The number of guanidine groups is 1. The van der Waals surface area contributed by atoms with Crippen LogP contribution in [0.2, 0.25) is 0 Å². The van der Waals surface area contributed by atoms with Gasteiger partial charge in [-0.1, -0.05) is 30.3 Å². The highest BCUT2D eigenvalue weighted by atomic mass is 16.6. The first-order chi connectivity index (χ1) is 15.7. The Morgan fingerprint density at radius 2 is 1.59 bits per heavy atom. The Morgan fingerprint density at radius 1 is 0.938 bits per heavy atom. The molecule has 32 heavy (non-hydrogen) atoms. The number of hydrogen-bond donors (Lipinski definition) is 1. The van der Waals surface area contributed by atoms with E-state index in [9.17, 15) is 4.79 Å². The third kappa shape index (κ3) is 7.67. The number of carbonyl (C=O) groups is 1. The Morgan fingerprint density at radius 3 is 2.25 bits per heavy atom. The number of piperazine rings is 2. The van der Waals surface area contributed by atoms with Crippen LogP contribution in [0.5, 0.6) is 0 Å². The molecule has 0 aliphatic carbocycles. The smallest absolute Gasteiger partial charge is 0.409 e. The van der Waals surface area contributed by atoms with E-state index < -0.39 is 0 Å². The monoisotopic (exact) mass is 444 g/mol. The summed E-state index contributed by atoms with van der Waals surface area (Å²) in [5, 5.41) is 3.49. The van der Waals surface area contributed by atoms with Crippen molar-refractivity contribution >= 4 is 12.1 Å². The molecule has 2 saturated heterocycles. The highest BCUT2D eigenvalue weighted by Crippen LogP contribution is 2.09. The average molecular weight is 445 g/mol. The molecule has 2 heterocycles. The molecule has 1 N–H and O–H groups in total. The number of aliphatic imine (C=N–C) groups is 1. The van der Waals surface area contributed by atoms with Crippen molar-refractivity contribution in [3.63, 3.8) is 0 Å². The zero-order valence-corrected chi connectivity index (χ0v) is 19.8. The maximum absolute atomic E-state index is 11.9. The molecule has 1 aromatic carbocycles. The second-order valence-electron chi connectivity index (χ2n) is 8.46. The van der Waals surface area contributed by atoms with Crippen molar-refractivity contribution in [1.29, 1.82) is 0 Å². The third-order valence-electron chi connectivity index (χ3n) is 6.22.